The quantitative estimate of drug-likeness (QED) is 0.341. The number of amides is 1. The van der Waals surface area contributed by atoms with Crippen LogP contribution in [0.2, 0.25) is 10.0 Å². The van der Waals surface area contributed by atoms with Crippen LogP contribution >= 0.6 is 35.0 Å². The minimum Gasteiger partial charge on any atom is -0.486 e. The van der Waals surface area contributed by atoms with Crippen molar-refractivity contribution in [2.45, 2.75) is 25.2 Å². The smallest absolute Gasteiger partial charge is 0.234 e. The van der Waals surface area contributed by atoms with Gasteiger partial charge in [0, 0.05) is 11.6 Å². The van der Waals surface area contributed by atoms with Gasteiger partial charge in [0.25, 0.3) is 0 Å². The lowest BCUT2D eigenvalue weighted by Gasteiger charge is -2.10. The minimum atomic E-state index is -0.227. The third-order valence-electron chi connectivity index (χ3n) is 4.03. The van der Waals surface area contributed by atoms with Gasteiger partial charge in [-0.2, -0.15) is 0 Å². The first-order valence-corrected chi connectivity index (χ1v) is 10.8. The van der Waals surface area contributed by atoms with Crippen LogP contribution in [-0.2, 0) is 17.9 Å². The maximum absolute atomic E-state index is 12.3. The molecule has 0 saturated carbocycles. The van der Waals surface area contributed by atoms with E-state index in [1.807, 2.05) is 35.8 Å². The van der Waals surface area contributed by atoms with E-state index in [-0.39, 0.29) is 18.3 Å². The van der Waals surface area contributed by atoms with Gasteiger partial charge < -0.3 is 10.1 Å². The monoisotopic (exact) mass is 462 g/mol. The highest BCUT2D eigenvalue weighted by molar-refractivity contribution is 7.99. The van der Waals surface area contributed by atoms with Crippen LogP contribution < -0.4 is 10.1 Å². The van der Waals surface area contributed by atoms with Gasteiger partial charge in [-0.1, -0.05) is 58.7 Å². The summed E-state index contributed by atoms with van der Waals surface area (Å²) in [5.41, 5.74) is 1.63. The summed E-state index contributed by atoms with van der Waals surface area (Å²) in [7, 11) is 0. The van der Waals surface area contributed by atoms with Gasteiger partial charge in [0.2, 0.25) is 5.91 Å². The second kappa shape index (κ2) is 10.5. The summed E-state index contributed by atoms with van der Waals surface area (Å²) in [6.07, 6.45) is 1.74. The Hall–Kier alpha value is -2.48. The zero-order valence-corrected chi connectivity index (χ0v) is 18.6. The number of thioether (sulfide) groups is 1. The number of allylic oxidation sites excluding steroid dienone is 1. The fourth-order valence-corrected chi connectivity index (χ4v) is 3.64. The van der Waals surface area contributed by atoms with Crippen molar-refractivity contribution in [1.29, 1.82) is 0 Å². The lowest BCUT2D eigenvalue weighted by Crippen LogP contribution is -2.15. The first-order valence-electron chi connectivity index (χ1n) is 9.06. The summed E-state index contributed by atoms with van der Waals surface area (Å²) in [5, 5.41) is 12.7. The molecule has 2 aromatic carbocycles. The van der Waals surface area contributed by atoms with E-state index >= 15 is 0 Å². The molecule has 1 heterocycles. The van der Waals surface area contributed by atoms with Gasteiger partial charge >= 0.3 is 0 Å². The van der Waals surface area contributed by atoms with E-state index in [1.165, 1.54) is 11.8 Å². The van der Waals surface area contributed by atoms with Crippen LogP contribution in [0.5, 0.6) is 5.75 Å². The van der Waals surface area contributed by atoms with Crippen molar-refractivity contribution < 1.29 is 9.53 Å². The van der Waals surface area contributed by atoms with Crippen molar-refractivity contribution in [3.63, 3.8) is 0 Å². The average molecular weight is 463 g/mol. The Morgan fingerprint density at radius 3 is 2.73 bits per heavy atom. The molecule has 0 fully saturated rings. The molecule has 1 aromatic heterocycles. The number of rotatable bonds is 9. The number of aryl methyl sites for hydroxylation is 1. The molecule has 0 aliphatic heterocycles. The summed E-state index contributed by atoms with van der Waals surface area (Å²) in [6, 6.07) is 12.7. The zero-order valence-electron chi connectivity index (χ0n) is 16.3. The molecular formula is C21H20Cl2N4O2S. The van der Waals surface area contributed by atoms with Crippen molar-refractivity contribution in [2.75, 3.05) is 11.1 Å². The number of nitrogens with one attached hydrogen (secondary N) is 1. The van der Waals surface area contributed by atoms with Gasteiger partial charge in [0.1, 0.15) is 12.4 Å². The van der Waals surface area contributed by atoms with Crippen LogP contribution in [0, 0.1) is 6.92 Å². The fourth-order valence-electron chi connectivity index (χ4n) is 2.54. The van der Waals surface area contributed by atoms with Gasteiger partial charge in [-0.05, 0) is 37.3 Å². The van der Waals surface area contributed by atoms with Crippen molar-refractivity contribution >= 4 is 46.6 Å². The first kappa shape index (κ1) is 22.2. The third kappa shape index (κ3) is 6.01. The largest absolute Gasteiger partial charge is 0.486 e. The predicted octanol–water partition coefficient (Wildman–Crippen LogP) is 5.39. The van der Waals surface area contributed by atoms with E-state index in [0.29, 0.717) is 33.3 Å². The molecule has 0 bridgehead atoms. The number of aromatic nitrogens is 3. The fraction of sp³-hybridized carbons (Fsp3) is 0.190. The lowest BCUT2D eigenvalue weighted by atomic mass is 10.2. The molecule has 1 N–H and O–H groups in total. The molecule has 0 spiro atoms. The Bertz CT molecular complexity index is 1040. The topological polar surface area (TPSA) is 69.0 Å². The summed E-state index contributed by atoms with van der Waals surface area (Å²) < 4.78 is 7.67. The Morgan fingerprint density at radius 2 is 2.00 bits per heavy atom. The highest BCUT2D eigenvalue weighted by atomic mass is 35.5. The number of ether oxygens (including phenoxy) is 1. The summed E-state index contributed by atoms with van der Waals surface area (Å²) in [6.45, 7) is 6.56. The number of hydrogen-bond donors (Lipinski definition) is 1. The zero-order chi connectivity index (χ0) is 21.5. The molecule has 3 rings (SSSR count). The second-order valence-electron chi connectivity index (χ2n) is 6.36. The molecule has 1 amide bonds. The van der Waals surface area contributed by atoms with Crippen LogP contribution in [0.1, 0.15) is 11.4 Å². The van der Waals surface area contributed by atoms with Gasteiger partial charge in [-0.15, -0.1) is 16.8 Å². The predicted molar refractivity (Wildman–Crippen MR) is 122 cm³/mol. The maximum Gasteiger partial charge on any atom is 0.234 e. The van der Waals surface area contributed by atoms with Crippen LogP contribution in [0.3, 0.4) is 0 Å². The Balaban J connectivity index is 1.62. The minimum absolute atomic E-state index is 0.136. The molecule has 0 aliphatic carbocycles. The number of nitrogens with zero attached hydrogens (tertiary/aromatic N) is 3. The summed E-state index contributed by atoms with van der Waals surface area (Å²) >= 11 is 13.3. The van der Waals surface area contributed by atoms with Gasteiger partial charge in [0.05, 0.1) is 16.5 Å². The molecule has 6 nitrogen and oxygen atoms in total. The molecule has 0 unspecified atom stereocenters. The molecule has 0 radical (unpaired) electrons. The molecule has 156 valence electrons. The van der Waals surface area contributed by atoms with Crippen LogP contribution in [0.15, 0.2) is 60.3 Å². The molecular weight excluding hydrogens is 443 g/mol. The maximum atomic E-state index is 12.3. The molecule has 9 heteroatoms. The Morgan fingerprint density at radius 1 is 1.23 bits per heavy atom. The van der Waals surface area contributed by atoms with Crippen LogP contribution in [-0.4, -0.2) is 26.4 Å². The van der Waals surface area contributed by atoms with Crippen molar-refractivity contribution in [3.8, 4) is 5.75 Å². The SMILES string of the molecule is C=CCn1c(COc2ccc(C)cc2)nnc1SCC(=O)Nc1cc(Cl)ccc1Cl. The Labute approximate surface area is 189 Å². The first-order chi connectivity index (χ1) is 14.5. The molecule has 0 saturated heterocycles. The molecule has 0 atom stereocenters. The van der Waals surface area contributed by atoms with Crippen molar-refractivity contribution in [3.05, 3.63) is 76.6 Å². The molecule has 30 heavy (non-hydrogen) atoms. The van der Waals surface area contributed by atoms with E-state index in [1.54, 1.807) is 24.3 Å². The third-order valence-corrected chi connectivity index (χ3v) is 5.56. The number of carbonyl (C=O) groups excluding carboxylic acids is 1. The Kier molecular flexibility index (Phi) is 7.79. The van der Waals surface area contributed by atoms with E-state index < -0.39 is 0 Å². The van der Waals surface area contributed by atoms with Crippen molar-refractivity contribution in [1.82, 2.24) is 14.8 Å². The van der Waals surface area contributed by atoms with Gasteiger partial charge in [-0.25, -0.2) is 0 Å². The van der Waals surface area contributed by atoms with E-state index in [9.17, 15) is 4.79 Å². The standard InChI is InChI=1S/C21H20Cl2N4O2S/c1-3-10-27-19(12-29-16-7-4-14(2)5-8-16)25-26-21(27)30-13-20(28)24-18-11-15(22)6-9-17(18)23/h3-9,11H,1,10,12-13H2,2H3,(H,24,28). The second-order valence-corrected chi connectivity index (χ2v) is 8.15. The number of halogens is 2. The lowest BCUT2D eigenvalue weighted by molar-refractivity contribution is -0.113. The highest BCUT2D eigenvalue weighted by Crippen LogP contribution is 2.26. The van der Waals surface area contributed by atoms with Gasteiger partial charge in [0.15, 0.2) is 11.0 Å². The number of benzene rings is 2. The van der Waals surface area contributed by atoms with Crippen molar-refractivity contribution in [2.24, 2.45) is 0 Å². The van der Waals surface area contributed by atoms with E-state index in [0.717, 1.165) is 11.3 Å². The number of carbonyl (C=O) groups is 1. The van der Waals surface area contributed by atoms with Gasteiger partial charge in [-0.3, -0.25) is 9.36 Å². The number of anilines is 1. The van der Waals surface area contributed by atoms with E-state index in [4.69, 9.17) is 27.9 Å². The summed E-state index contributed by atoms with van der Waals surface area (Å²) in [4.78, 5) is 12.3. The molecule has 0 aliphatic rings. The summed E-state index contributed by atoms with van der Waals surface area (Å²) in [5.74, 6) is 1.31. The normalized spacial score (nSPS) is 10.6. The van der Waals surface area contributed by atoms with Crippen LogP contribution in [0.4, 0.5) is 5.69 Å². The van der Waals surface area contributed by atoms with Crippen LogP contribution in [0.25, 0.3) is 0 Å². The average Bonchev–Trinajstić information content (AvgIpc) is 3.11. The highest BCUT2D eigenvalue weighted by Gasteiger charge is 2.15. The number of hydrogen-bond acceptors (Lipinski definition) is 5. The van der Waals surface area contributed by atoms with E-state index in [2.05, 4.69) is 22.1 Å². The molecule has 3 aromatic rings.